The molecule has 0 saturated carbocycles. The van der Waals surface area contributed by atoms with Crippen molar-refractivity contribution in [3.8, 4) is 23.0 Å². The fourth-order valence-corrected chi connectivity index (χ4v) is 6.57. The third-order valence-electron chi connectivity index (χ3n) is 7.39. The molecule has 11 heteroatoms. The predicted octanol–water partition coefficient (Wildman–Crippen LogP) is 7.31. The summed E-state index contributed by atoms with van der Waals surface area (Å²) in [6, 6.07) is 14.4. The monoisotopic (exact) mass is 634 g/mol. The number of rotatable bonds is 10. The molecule has 3 heterocycles. The van der Waals surface area contributed by atoms with Crippen LogP contribution in [0.1, 0.15) is 50.3 Å². The second-order valence-electron chi connectivity index (χ2n) is 10.3. The lowest BCUT2D eigenvalue weighted by molar-refractivity contribution is -0.132. The number of carbonyl (C=O) groups is 2. The molecule has 3 aromatic carbocycles. The van der Waals surface area contributed by atoms with E-state index in [4.69, 9.17) is 30.5 Å². The zero-order chi connectivity index (χ0) is 30.8. The van der Waals surface area contributed by atoms with E-state index in [0.29, 0.717) is 76.2 Å². The number of aromatic nitrogens is 1. The molecular formula is C33H31ClN2O7S. The van der Waals surface area contributed by atoms with Crippen LogP contribution in [-0.4, -0.2) is 48.2 Å². The molecule has 9 nitrogen and oxygen atoms in total. The molecule has 2 aliphatic rings. The lowest BCUT2D eigenvalue weighted by Crippen LogP contribution is -2.29. The van der Waals surface area contributed by atoms with Gasteiger partial charge >= 0.3 is 5.91 Å². The predicted molar refractivity (Wildman–Crippen MR) is 169 cm³/mol. The van der Waals surface area contributed by atoms with Gasteiger partial charge in [-0.15, -0.1) is 0 Å². The van der Waals surface area contributed by atoms with Crippen LogP contribution in [0.25, 0.3) is 16.0 Å². The molecule has 0 unspecified atom stereocenters. The first-order valence-electron chi connectivity index (χ1n) is 14.6. The number of unbranched alkanes of at least 4 members (excludes halogenated alkanes) is 2. The van der Waals surface area contributed by atoms with Crippen molar-refractivity contribution < 1.29 is 33.6 Å². The maximum Gasteiger partial charge on any atom is 0.301 e. The number of hydrogen-bond donors (Lipinski definition) is 1. The molecule has 228 valence electrons. The normalized spacial score (nSPS) is 17.3. The number of carbonyl (C=O) groups excluding carboxylic acids is 2. The number of ether oxygens (including phenoxy) is 4. The number of Topliss-reactive ketones (excluding diaryl/α,β-unsaturated/α-hetero) is 1. The van der Waals surface area contributed by atoms with Crippen LogP contribution in [0.2, 0.25) is 5.02 Å². The summed E-state index contributed by atoms with van der Waals surface area (Å²) in [6.45, 7) is 5.68. The Bertz CT molecular complexity index is 1770. The molecule has 0 spiro atoms. The van der Waals surface area contributed by atoms with Crippen LogP contribution < -0.4 is 23.8 Å². The van der Waals surface area contributed by atoms with Gasteiger partial charge in [0.1, 0.15) is 19.0 Å². The molecule has 1 fully saturated rings. The van der Waals surface area contributed by atoms with Crippen LogP contribution in [0.3, 0.4) is 0 Å². The van der Waals surface area contributed by atoms with Crippen LogP contribution in [-0.2, 0) is 9.59 Å². The Labute approximate surface area is 263 Å². The van der Waals surface area contributed by atoms with Crippen LogP contribution in [0.15, 0.2) is 60.2 Å². The highest BCUT2D eigenvalue weighted by Crippen LogP contribution is 2.46. The number of benzene rings is 3. The minimum absolute atomic E-state index is 0.0805. The smallest absolute Gasteiger partial charge is 0.301 e. The first kappa shape index (κ1) is 29.8. The summed E-state index contributed by atoms with van der Waals surface area (Å²) in [7, 11) is 0. The van der Waals surface area contributed by atoms with Crippen molar-refractivity contribution in [3.05, 3.63) is 76.3 Å². The molecule has 0 bridgehead atoms. The van der Waals surface area contributed by atoms with E-state index in [1.165, 1.54) is 16.2 Å². The SMILES string of the molecule is CCCCCOc1ccc([C@@H]2/C(=C(\O)c3ccc4c(c3)OCCO4)C(=O)C(=O)N2c2nc3ccc(Cl)cc3s2)cc1OCC. The molecule has 1 amide bonds. The van der Waals surface area contributed by atoms with Crippen LogP contribution >= 0.6 is 22.9 Å². The molecular weight excluding hydrogens is 604 g/mol. The number of nitrogens with zero attached hydrogens (tertiary/aromatic N) is 2. The maximum atomic E-state index is 13.8. The lowest BCUT2D eigenvalue weighted by atomic mass is 9.95. The summed E-state index contributed by atoms with van der Waals surface area (Å²) in [5, 5.41) is 12.5. The molecule has 1 N–H and O–H groups in total. The minimum atomic E-state index is -1.01. The maximum absolute atomic E-state index is 13.8. The molecule has 1 aromatic heterocycles. The highest BCUT2D eigenvalue weighted by atomic mass is 35.5. The van der Waals surface area contributed by atoms with Crippen molar-refractivity contribution in [2.24, 2.45) is 0 Å². The van der Waals surface area contributed by atoms with Gasteiger partial charge in [-0.1, -0.05) is 48.8 Å². The highest BCUT2D eigenvalue weighted by Gasteiger charge is 2.48. The van der Waals surface area contributed by atoms with E-state index in [2.05, 4.69) is 11.9 Å². The summed E-state index contributed by atoms with van der Waals surface area (Å²) in [5.41, 5.74) is 1.41. The van der Waals surface area contributed by atoms with Crippen molar-refractivity contribution in [2.75, 3.05) is 31.3 Å². The van der Waals surface area contributed by atoms with E-state index in [0.717, 1.165) is 24.0 Å². The van der Waals surface area contributed by atoms with Gasteiger partial charge in [0.2, 0.25) is 0 Å². The van der Waals surface area contributed by atoms with Gasteiger partial charge in [-0.2, -0.15) is 0 Å². The topological polar surface area (TPSA) is 107 Å². The van der Waals surface area contributed by atoms with Crippen LogP contribution in [0.5, 0.6) is 23.0 Å². The number of amides is 1. The number of aliphatic hydroxyl groups is 1. The van der Waals surface area contributed by atoms with E-state index in [1.807, 2.05) is 6.92 Å². The fourth-order valence-electron chi connectivity index (χ4n) is 5.30. The van der Waals surface area contributed by atoms with E-state index >= 15 is 0 Å². The Balaban J connectivity index is 1.49. The van der Waals surface area contributed by atoms with Crippen molar-refractivity contribution in [1.29, 1.82) is 0 Å². The summed E-state index contributed by atoms with van der Waals surface area (Å²) in [6.07, 6.45) is 3.02. The molecule has 6 rings (SSSR count). The lowest BCUT2D eigenvalue weighted by Gasteiger charge is -2.24. The number of ketones is 1. The molecule has 0 aliphatic carbocycles. The first-order valence-corrected chi connectivity index (χ1v) is 15.8. The zero-order valence-corrected chi connectivity index (χ0v) is 25.9. The Morgan fingerprint density at radius 1 is 1.00 bits per heavy atom. The second-order valence-corrected chi connectivity index (χ2v) is 11.8. The summed E-state index contributed by atoms with van der Waals surface area (Å²) in [4.78, 5) is 33.5. The average Bonchev–Trinajstić information content (AvgIpc) is 3.56. The molecule has 0 radical (unpaired) electrons. The van der Waals surface area contributed by atoms with Crippen LogP contribution in [0, 0.1) is 0 Å². The average molecular weight is 635 g/mol. The van der Waals surface area contributed by atoms with Gasteiger partial charge in [-0.3, -0.25) is 14.5 Å². The number of halogens is 1. The summed E-state index contributed by atoms with van der Waals surface area (Å²) in [5.74, 6) is 0.0308. The molecule has 44 heavy (non-hydrogen) atoms. The quantitative estimate of drug-likeness (QED) is 0.0837. The number of fused-ring (bicyclic) bond motifs is 2. The molecule has 1 atom stereocenters. The molecule has 2 aliphatic heterocycles. The summed E-state index contributed by atoms with van der Waals surface area (Å²) < 4.78 is 24.0. The summed E-state index contributed by atoms with van der Waals surface area (Å²) >= 11 is 7.46. The molecule has 1 saturated heterocycles. The second kappa shape index (κ2) is 12.8. The molecule has 4 aromatic rings. The van der Waals surface area contributed by atoms with Gasteiger partial charge in [0.15, 0.2) is 28.1 Å². The van der Waals surface area contributed by atoms with E-state index in [-0.39, 0.29) is 11.3 Å². The Kier molecular flexibility index (Phi) is 8.63. The minimum Gasteiger partial charge on any atom is -0.507 e. The van der Waals surface area contributed by atoms with E-state index < -0.39 is 17.7 Å². The highest BCUT2D eigenvalue weighted by molar-refractivity contribution is 7.22. The van der Waals surface area contributed by atoms with Gasteiger partial charge in [0.25, 0.3) is 5.78 Å². The first-order chi connectivity index (χ1) is 21.4. The van der Waals surface area contributed by atoms with Gasteiger partial charge in [0.05, 0.1) is 35.0 Å². The van der Waals surface area contributed by atoms with Gasteiger partial charge in [0, 0.05) is 10.6 Å². The van der Waals surface area contributed by atoms with E-state index in [9.17, 15) is 14.7 Å². The fraction of sp³-hybridized carbons (Fsp3) is 0.303. The standard InChI is InChI=1S/C33H31ClN2O7S/c1-3-5-6-13-41-23-11-7-19(16-25(23)40-4-2)29-28(30(37)20-8-12-24-26(17-20)43-15-14-42-24)31(38)32(39)36(29)33-35-22-10-9-21(34)18-27(22)44-33/h7-12,16-18,29,37H,3-6,13-15H2,1-2H3/b30-28+/t29-/m1/s1. The third-order valence-corrected chi connectivity index (χ3v) is 8.65. The van der Waals surface area contributed by atoms with Crippen LogP contribution in [0.4, 0.5) is 5.13 Å². The largest absolute Gasteiger partial charge is 0.507 e. The number of anilines is 1. The Morgan fingerprint density at radius 3 is 2.61 bits per heavy atom. The Morgan fingerprint density at radius 2 is 1.82 bits per heavy atom. The van der Waals surface area contributed by atoms with E-state index in [1.54, 1.807) is 54.6 Å². The number of hydrogen-bond acceptors (Lipinski definition) is 9. The van der Waals surface area contributed by atoms with Gasteiger partial charge < -0.3 is 24.1 Å². The van der Waals surface area contributed by atoms with Gasteiger partial charge in [-0.25, -0.2) is 4.98 Å². The van der Waals surface area contributed by atoms with Crippen molar-refractivity contribution in [3.63, 3.8) is 0 Å². The third kappa shape index (κ3) is 5.67. The van der Waals surface area contributed by atoms with Crippen molar-refractivity contribution >= 4 is 55.7 Å². The number of thiazole rings is 1. The zero-order valence-electron chi connectivity index (χ0n) is 24.3. The van der Waals surface area contributed by atoms with Gasteiger partial charge in [-0.05, 0) is 67.4 Å². The van der Waals surface area contributed by atoms with Crippen molar-refractivity contribution in [2.45, 2.75) is 39.2 Å². The Hall–Kier alpha value is -4.28. The number of aliphatic hydroxyl groups excluding tert-OH is 1. The van der Waals surface area contributed by atoms with Crippen molar-refractivity contribution in [1.82, 2.24) is 4.98 Å².